The van der Waals surface area contributed by atoms with Crippen LogP contribution in [0, 0.1) is 0 Å². The molecule has 0 aromatic rings. The minimum Gasteiger partial charge on any atom is -0.496 e. The van der Waals surface area contributed by atoms with Gasteiger partial charge >= 0.3 is 0 Å². The molecule has 1 rings (SSSR count). The van der Waals surface area contributed by atoms with Gasteiger partial charge in [0.25, 0.3) is 0 Å². The summed E-state index contributed by atoms with van der Waals surface area (Å²) in [7, 11) is -2.33. The molecule has 22 heavy (non-hydrogen) atoms. The van der Waals surface area contributed by atoms with Crippen LogP contribution in [-0.2, 0) is 8.92 Å². The molecular formula is C17H38O3S2. The molecule has 0 spiro atoms. The lowest BCUT2D eigenvalue weighted by molar-refractivity contribution is 0.115. The molecule has 5 heteroatoms. The van der Waals surface area contributed by atoms with Gasteiger partial charge in [-0.15, -0.1) is 20.6 Å². The Kier molecular flexibility index (Phi) is 7.88. The van der Waals surface area contributed by atoms with Gasteiger partial charge in [0.15, 0.2) is 0 Å². The maximum absolute atomic E-state index is 9.44. The molecule has 0 bridgehead atoms. The van der Waals surface area contributed by atoms with Gasteiger partial charge in [-0.25, -0.2) is 0 Å². The standard InChI is InChI=1S/C11H22O2S.C6H16OS/c1-11(2,3)14(4,5)13-9-10-7-6-8-12-10;1-6(2,3)8(4,5)7/h6,8,10H,7,9H2,1-5H3;7H,1-5H3. The van der Waals surface area contributed by atoms with Gasteiger partial charge in [-0.2, -0.15) is 0 Å². The maximum Gasteiger partial charge on any atom is 0.126 e. The average Bonchev–Trinajstić information content (AvgIpc) is 2.75. The molecule has 1 aliphatic heterocycles. The minimum atomic E-state index is -1.34. The third-order valence-corrected chi connectivity index (χ3v) is 11.0. The summed E-state index contributed by atoms with van der Waals surface area (Å²) >= 11 is 0. The van der Waals surface area contributed by atoms with Crippen molar-refractivity contribution < 1.29 is 13.5 Å². The molecule has 0 aromatic heterocycles. The summed E-state index contributed by atoms with van der Waals surface area (Å²) in [5.41, 5.74) is 0. The molecule has 0 amide bonds. The van der Waals surface area contributed by atoms with E-state index in [0.717, 1.165) is 6.42 Å². The summed E-state index contributed by atoms with van der Waals surface area (Å²) in [4.78, 5) is 0. The SMILES string of the molecule is CC(C)(C)S(C)(C)O.CC(C)(C)S(C)(C)OCC1CC=CO1. The molecule has 0 radical (unpaired) electrons. The summed E-state index contributed by atoms with van der Waals surface area (Å²) in [6.45, 7) is 13.6. The summed E-state index contributed by atoms with van der Waals surface area (Å²) in [6, 6.07) is 0. The highest BCUT2D eigenvalue weighted by Crippen LogP contribution is 2.53. The van der Waals surface area contributed by atoms with Crippen LogP contribution in [0.4, 0.5) is 0 Å². The van der Waals surface area contributed by atoms with Crippen molar-refractivity contribution in [1.82, 2.24) is 0 Å². The van der Waals surface area contributed by atoms with Crippen molar-refractivity contribution >= 4 is 20.6 Å². The van der Waals surface area contributed by atoms with E-state index in [-0.39, 0.29) is 15.6 Å². The van der Waals surface area contributed by atoms with Crippen molar-refractivity contribution in [2.75, 3.05) is 31.6 Å². The predicted molar refractivity (Wildman–Crippen MR) is 106 cm³/mol. The topological polar surface area (TPSA) is 38.7 Å². The summed E-state index contributed by atoms with van der Waals surface area (Å²) in [5.74, 6) is 0. The number of hydrogen-bond acceptors (Lipinski definition) is 3. The summed E-state index contributed by atoms with van der Waals surface area (Å²) < 4.78 is 21.1. The van der Waals surface area contributed by atoms with Crippen LogP contribution in [0.2, 0.25) is 0 Å². The molecule has 1 atom stereocenters. The van der Waals surface area contributed by atoms with Gasteiger partial charge < -0.3 is 13.5 Å². The van der Waals surface area contributed by atoms with Crippen LogP contribution in [0.15, 0.2) is 12.3 Å². The monoisotopic (exact) mass is 354 g/mol. The second-order valence-corrected chi connectivity index (χ2v) is 16.1. The van der Waals surface area contributed by atoms with E-state index in [4.69, 9.17) is 8.92 Å². The highest BCUT2D eigenvalue weighted by Gasteiger charge is 2.30. The van der Waals surface area contributed by atoms with Crippen molar-refractivity contribution in [3.8, 4) is 0 Å². The summed E-state index contributed by atoms with van der Waals surface area (Å²) in [6.07, 6.45) is 13.3. The maximum atomic E-state index is 9.44. The van der Waals surface area contributed by atoms with Gasteiger partial charge in [0.2, 0.25) is 0 Å². The third kappa shape index (κ3) is 7.62. The van der Waals surface area contributed by atoms with Crippen LogP contribution >= 0.6 is 20.6 Å². The van der Waals surface area contributed by atoms with E-state index in [1.54, 1.807) is 6.26 Å². The second kappa shape index (κ2) is 7.82. The Hall–Kier alpha value is 0.160. The van der Waals surface area contributed by atoms with Crippen LogP contribution in [0.25, 0.3) is 0 Å². The molecule has 0 aliphatic carbocycles. The van der Waals surface area contributed by atoms with Crippen molar-refractivity contribution in [1.29, 1.82) is 0 Å². The van der Waals surface area contributed by atoms with Gasteiger partial charge in [-0.05, 0) is 31.1 Å². The third-order valence-electron chi connectivity index (χ3n) is 4.29. The highest BCUT2D eigenvalue weighted by molar-refractivity contribution is 8.29. The first-order valence-electron chi connectivity index (χ1n) is 7.71. The van der Waals surface area contributed by atoms with E-state index in [9.17, 15) is 4.55 Å². The molecule has 1 aliphatic rings. The fourth-order valence-electron chi connectivity index (χ4n) is 0.960. The van der Waals surface area contributed by atoms with Crippen molar-refractivity contribution in [2.45, 2.75) is 63.6 Å². The van der Waals surface area contributed by atoms with Gasteiger partial charge in [-0.3, -0.25) is 0 Å². The van der Waals surface area contributed by atoms with Gasteiger partial charge in [0.1, 0.15) is 6.10 Å². The smallest absolute Gasteiger partial charge is 0.126 e. The molecule has 1 heterocycles. The van der Waals surface area contributed by atoms with Gasteiger partial charge in [0, 0.05) is 15.9 Å². The van der Waals surface area contributed by atoms with Crippen molar-refractivity contribution in [3.63, 3.8) is 0 Å². The predicted octanol–water partition coefficient (Wildman–Crippen LogP) is 5.41. The Labute approximate surface area is 141 Å². The molecule has 1 N–H and O–H groups in total. The van der Waals surface area contributed by atoms with Crippen LogP contribution in [0.3, 0.4) is 0 Å². The fraction of sp³-hybridized carbons (Fsp3) is 0.882. The van der Waals surface area contributed by atoms with Crippen LogP contribution in [0.5, 0.6) is 0 Å². The highest BCUT2D eigenvalue weighted by atomic mass is 32.3. The Bertz CT molecular complexity index is 338. The number of rotatable bonds is 3. The lowest BCUT2D eigenvalue weighted by Gasteiger charge is -2.44. The molecule has 1 unspecified atom stereocenters. The molecule has 3 nitrogen and oxygen atoms in total. The van der Waals surface area contributed by atoms with E-state index in [2.05, 4.69) is 54.1 Å². The molecule has 0 saturated heterocycles. The number of hydrogen-bond donors (Lipinski definition) is 1. The van der Waals surface area contributed by atoms with E-state index < -0.39 is 20.6 Å². The van der Waals surface area contributed by atoms with E-state index in [1.807, 2.05) is 18.6 Å². The van der Waals surface area contributed by atoms with E-state index in [0.29, 0.717) is 6.61 Å². The molecular weight excluding hydrogens is 316 g/mol. The fourth-order valence-corrected chi connectivity index (χ4v) is 1.81. The van der Waals surface area contributed by atoms with E-state index in [1.165, 1.54) is 0 Å². The second-order valence-electron chi connectivity index (χ2n) is 8.38. The average molecular weight is 355 g/mol. The lowest BCUT2D eigenvalue weighted by atomic mass is 10.3. The molecule has 0 fully saturated rings. The molecule has 0 aromatic carbocycles. The van der Waals surface area contributed by atoms with E-state index >= 15 is 0 Å². The number of ether oxygens (including phenoxy) is 1. The van der Waals surface area contributed by atoms with Gasteiger partial charge in [0.05, 0.1) is 12.9 Å². The first-order chi connectivity index (χ1) is 9.58. The Morgan fingerprint density at radius 2 is 1.50 bits per heavy atom. The van der Waals surface area contributed by atoms with Crippen LogP contribution in [-0.4, -0.2) is 51.8 Å². The Morgan fingerprint density at radius 1 is 1.05 bits per heavy atom. The zero-order valence-electron chi connectivity index (χ0n) is 16.2. The lowest BCUT2D eigenvalue weighted by Crippen LogP contribution is -2.27. The molecule has 0 saturated carbocycles. The normalized spacial score (nSPS) is 21.0. The van der Waals surface area contributed by atoms with Gasteiger partial charge in [-0.1, -0.05) is 41.5 Å². The van der Waals surface area contributed by atoms with Crippen molar-refractivity contribution in [2.24, 2.45) is 0 Å². The van der Waals surface area contributed by atoms with Crippen LogP contribution in [0.1, 0.15) is 48.0 Å². The van der Waals surface area contributed by atoms with Crippen LogP contribution < -0.4 is 0 Å². The van der Waals surface area contributed by atoms with Crippen molar-refractivity contribution in [3.05, 3.63) is 12.3 Å². The minimum absolute atomic E-state index is 0.0764. The Balaban J connectivity index is 0.000000472. The largest absolute Gasteiger partial charge is 0.496 e. The first kappa shape index (κ1) is 22.2. The Morgan fingerprint density at radius 3 is 1.77 bits per heavy atom. The first-order valence-corrected chi connectivity index (χ1v) is 12.5. The molecule has 136 valence electrons. The quantitative estimate of drug-likeness (QED) is 0.737. The zero-order valence-corrected chi connectivity index (χ0v) is 17.9. The summed E-state index contributed by atoms with van der Waals surface area (Å²) in [5, 5.41) is 0. The zero-order chi connectivity index (χ0) is 17.8.